The van der Waals surface area contributed by atoms with Gasteiger partial charge in [0.1, 0.15) is 52.0 Å². The first kappa shape index (κ1) is 88.2. The van der Waals surface area contributed by atoms with Crippen LogP contribution in [-0.2, 0) is 28.7 Å². The Bertz CT molecular complexity index is 6370. The van der Waals surface area contributed by atoms with Crippen LogP contribution in [-0.4, -0.2) is 124 Å². The van der Waals surface area contributed by atoms with Crippen LogP contribution in [0.1, 0.15) is 58.2 Å². The van der Waals surface area contributed by atoms with Crippen LogP contribution in [0.15, 0.2) is 340 Å². The third-order valence-electron chi connectivity index (χ3n) is 20.1. The van der Waals surface area contributed by atoms with Crippen molar-refractivity contribution in [1.82, 2.24) is 56.2 Å². The SMILES string of the molecule is CC(C)(C)OC(=O)N[C@H](COc1cnc(-c2ccccc2)c(-c2ccc3[nH]ncc3c2)c1)Cc1ccccc1.CC(C)(C)OC(=O)N[C@H](COc1cnc(-c2ccccc2)c(-c2ccc3n[nH]c(I)c3c2)c1)Cc1ccccc1.N[C@H](COc1cnc(-c2ccccc2)c(-c2ccc3[nH]nc(-c4ccccc4)c3c2)c1)Cc1ccccc1.OB(O)c1ccccc1. The second-order valence-electron chi connectivity index (χ2n) is 32.2. The minimum Gasteiger partial charge on any atom is -0.490 e. The minimum absolute atomic E-state index is 0.120. The molecule has 17 rings (SSSR count). The molecule has 11 aromatic carbocycles. The smallest absolute Gasteiger partial charge is 0.488 e. The molecule has 3 atom stereocenters. The van der Waals surface area contributed by atoms with Crippen LogP contribution in [0, 0.1) is 3.70 Å². The summed E-state index contributed by atoms with van der Waals surface area (Å²) in [5.74, 6) is 1.92. The molecule has 6 heterocycles. The molecule has 21 nitrogen and oxygen atoms in total. The van der Waals surface area contributed by atoms with E-state index in [0.717, 1.165) is 132 Å². The van der Waals surface area contributed by atoms with Gasteiger partial charge in [-0.15, -0.1) is 0 Å². The van der Waals surface area contributed by atoms with E-state index in [1.165, 1.54) is 5.56 Å². The van der Waals surface area contributed by atoms with E-state index in [-0.39, 0.29) is 31.3 Å². The summed E-state index contributed by atoms with van der Waals surface area (Å²) in [7, 11) is -1.34. The van der Waals surface area contributed by atoms with E-state index in [2.05, 4.69) is 149 Å². The van der Waals surface area contributed by atoms with Gasteiger partial charge in [0, 0.05) is 61.1 Å². The number of nitrogens with zero attached hydrogens (tertiary/aromatic N) is 6. The maximum absolute atomic E-state index is 12.6. The van der Waals surface area contributed by atoms with E-state index in [9.17, 15) is 9.59 Å². The zero-order chi connectivity index (χ0) is 87.8. The number of halogens is 1. The molecule has 9 N–H and O–H groups in total. The molecule has 0 aliphatic rings. The molecule has 2 amide bonds. The molecule has 0 fully saturated rings. The topological polar surface area (TPSA) is 296 Å². The van der Waals surface area contributed by atoms with Gasteiger partial charge >= 0.3 is 19.3 Å². The van der Waals surface area contributed by atoms with Gasteiger partial charge in [0.25, 0.3) is 0 Å². The van der Waals surface area contributed by atoms with Crippen molar-refractivity contribution >= 4 is 80.1 Å². The van der Waals surface area contributed by atoms with Crippen LogP contribution in [0.5, 0.6) is 17.2 Å². The van der Waals surface area contributed by atoms with Gasteiger partial charge in [-0.1, -0.05) is 261 Å². The number of carbonyl (C=O) groups is 2. The minimum atomic E-state index is -1.34. The molecule has 0 saturated heterocycles. The van der Waals surface area contributed by atoms with E-state index in [4.69, 9.17) is 54.4 Å². The van der Waals surface area contributed by atoms with Gasteiger partial charge in [0.05, 0.1) is 76.2 Å². The summed E-state index contributed by atoms with van der Waals surface area (Å²) >= 11 is 2.26. The van der Waals surface area contributed by atoms with Crippen LogP contribution >= 0.6 is 22.6 Å². The average Bonchev–Trinajstić information content (AvgIpc) is 1.35. The third kappa shape index (κ3) is 24.9. The first-order valence-corrected chi connectivity index (χ1v) is 42.7. The molecule has 0 spiro atoms. The number of amides is 2. The number of fused-ring (bicyclic) bond motifs is 3. The summed E-state index contributed by atoms with van der Waals surface area (Å²) in [6, 6.07) is 104. The zero-order valence-electron chi connectivity index (χ0n) is 70.8. The highest BCUT2D eigenvalue weighted by Gasteiger charge is 2.25. The van der Waals surface area contributed by atoms with Gasteiger partial charge in [-0.2, -0.15) is 15.3 Å². The molecular formula is C103H98BIN12O9. The lowest BCUT2D eigenvalue weighted by Crippen LogP contribution is -2.43. The number of pyridine rings is 3. The maximum Gasteiger partial charge on any atom is 0.488 e. The lowest BCUT2D eigenvalue weighted by molar-refractivity contribution is 0.0476. The van der Waals surface area contributed by atoms with Crippen molar-refractivity contribution in [2.75, 3.05) is 19.8 Å². The highest BCUT2D eigenvalue weighted by Crippen LogP contribution is 2.40. The Labute approximate surface area is 746 Å². The number of hydrogen-bond donors (Lipinski definition) is 8. The van der Waals surface area contributed by atoms with Crippen molar-refractivity contribution in [2.45, 2.75) is 90.1 Å². The summed E-state index contributed by atoms with van der Waals surface area (Å²) in [6.07, 6.45) is 8.06. The molecule has 126 heavy (non-hydrogen) atoms. The molecule has 0 saturated carbocycles. The Morgan fingerprint density at radius 1 is 0.397 bits per heavy atom. The second-order valence-corrected chi connectivity index (χ2v) is 33.3. The number of ether oxygens (including phenoxy) is 5. The van der Waals surface area contributed by atoms with Crippen LogP contribution in [0.3, 0.4) is 0 Å². The Morgan fingerprint density at radius 3 is 1.19 bits per heavy atom. The van der Waals surface area contributed by atoms with Gasteiger partial charge in [0.2, 0.25) is 0 Å². The van der Waals surface area contributed by atoms with Crippen LogP contribution in [0.25, 0.3) is 111 Å². The van der Waals surface area contributed by atoms with Crippen molar-refractivity contribution in [2.24, 2.45) is 5.73 Å². The molecule has 634 valence electrons. The van der Waals surface area contributed by atoms with E-state index in [0.29, 0.717) is 42.2 Å². The van der Waals surface area contributed by atoms with Crippen LogP contribution in [0.4, 0.5) is 9.59 Å². The van der Waals surface area contributed by atoms with Crippen molar-refractivity contribution in [3.05, 3.63) is 361 Å². The summed E-state index contributed by atoms with van der Waals surface area (Å²) in [4.78, 5) is 39.7. The Kier molecular flexibility index (Phi) is 29.6. The van der Waals surface area contributed by atoms with Crippen molar-refractivity contribution in [3.63, 3.8) is 0 Å². The van der Waals surface area contributed by atoms with Crippen molar-refractivity contribution in [3.8, 4) is 95.7 Å². The molecule has 6 aromatic heterocycles. The summed E-state index contributed by atoms with van der Waals surface area (Å²) in [5, 5.41) is 48.6. The number of H-pyrrole nitrogens is 3. The molecule has 0 radical (unpaired) electrons. The van der Waals surface area contributed by atoms with Gasteiger partial charge in [-0.05, 0) is 177 Å². The maximum atomic E-state index is 12.6. The standard InChI is InChI=1S/C33H28N4O.C32H31IN4O3.C32H32N4O3.C6H7BO2/c34-27(18-23-10-4-1-5-11-23)22-38-28-20-29(32(35-21-28)24-12-6-2-7-13-24)26-16-17-31-30(19-26)33(37-36-31)25-14-8-3-9-15-25;1-32(2,3)40-31(38)35-24(16-21-10-6-4-7-11-21)20-39-25-18-26(29(34-19-25)22-12-8-5-9-13-22)23-14-15-28-27(17-23)30(33)37-36-28;1-32(2,3)39-31(37)35-26(16-22-10-6-4-7-11-22)21-38-27-18-28(24-14-15-29-25(17-24)19-34-36-29)30(33-20-27)23-12-8-5-9-13-23;8-7(9)6-4-2-1-3-5-6/h1-17,19-21,27H,18,22,34H2,(H,36,37);4-15,17-19,24H,16,20H2,1-3H3,(H,35,38)(H,36,37);4-15,17-20,26H,16,21H2,1-3H3,(H,34,36)(H,35,37);1-5,8-9H/t27-;24-;26-;/m000./s1. The number of alkyl carbamates (subject to hydrolysis) is 2. The van der Waals surface area contributed by atoms with Gasteiger partial charge in [-0.25, -0.2) is 9.59 Å². The van der Waals surface area contributed by atoms with E-state index in [1.807, 2.05) is 254 Å². The van der Waals surface area contributed by atoms with Crippen molar-refractivity contribution < 1.29 is 43.3 Å². The largest absolute Gasteiger partial charge is 0.490 e. The summed E-state index contributed by atoms with van der Waals surface area (Å²) in [5.41, 5.74) is 25.6. The third-order valence-corrected chi connectivity index (χ3v) is 20.9. The normalized spacial score (nSPS) is 11.9. The number of rotatable bonds is 25. The molecule has 0 unspecified atom stereocenters. The van der Waals surface area contributed by atoms with Crippen LogP contribution in [0.2, 0.25) is 0 Å². The molecular weight excluding hydrogens is 1690 g/mol. The van der Waals surface area contributed by atoms with Crippen LogP contribution < -0.4 is 36.0 Å². The number of nitrogens with two attached hydrogens (primary N) is 1. The fourth-order valence-electron chi connectivity index (χ4n) is 14.2. The number of aromatic amines is 3. The fraction of sp³-hybridized carbons (Fsp3) is 0.165. The fourth-order valence-corrected chi connectivity index (χ4v) is 14.8. The lowest BCUT2D eigenvalue weighted by atomic mass is 9.81. The number of nitrogens with one attached hydrogen (secondary N) is 5. The van der Waals surface area contributed by atoms with Gasteiger partial charge in [-0.3, -0.25) is 30.2 Å². The van der Waals surface area contributed by atoms with E-state index >= 15 is 0 Å². The molecule has 0 aliphatic heterocycles. The van der Waals surface area contributed by atoms with Crippen molar-refractivity contribution in [1.29, 1.82) is 0 Å². The molecule has 23 heteroatoms. The number of aromatic nitrogens is 9. The first-order chi connectivity index (χ1) is 61.1. The van der Waals surface area contributed by atoms with Gasteiger partial charge in [0.15, 0.2) is 0 Å². The zero-order valence-corrected chi connectivity index (χ0v) is 72.9. The quantitative estimate of drug-likeness (QED) is 0.0195. The number of benzene rings is 11. The molecule has 0 aliphatic carbocycles. The number of carbonyl (C=O) groups excluding carboxylic acids is 2. The Balaban J connectivity index is 0.000000146. The highest BCUT2D eigenvalue weighted by atomic mass is 127. The highest BCUT2D eigenvalue weighted by molar-refractivity contribution is 14.1. The molecule has 0 bridgehead atoms. The first-order valence-electron chi connectivity index (χ1n) is 41.6. The summed E-state index contributed by atoms with van der Waals surface area (Å²) < 4.78 is 30.7. The monoisotopic (exact) mass is 1780 g/mol. The van der Waals surface area contributed by atoms with E-state index < -0.39 is 30.5 Å². The van der Waals surface area contributed by atoms with E-state index in [1.54, 1.807) is 42.9 Å². The Hall–Kier alpha value is -14.1. The Morgan fingerprint density at radius 2 is 0.770 bits per heavy atom. The average molecular weight is 1790 g/mol. The predicted octanol–water partition coefficient (Wildman–Crippen LogP) is 20.5. The number of hydrogen-bond acceptors (Lipinski definition) is 16. The lowest BCUT2D eigenvalue weighted by Gasteiger charge is -2.24. The van der Waals surface area contributed by atoms with Gasteiger partial charge < -0.3 is 50.1 Å². The summed E-state index contributed by atoms with van der Waals surface area (Å²) in [6.45, 7) is 12.0. The predicted molar refractivity (Wildman–Crippen MR) is 510 cm³/mol. The second kappa shape index (κ2) is 42.3. The molecule has 17 aromatic rings.